The Balaban J connectivity index is 2.27. The summed E-state index contributed by atoms with van der Waals surface area (Å²) in [4.78, 5) is 1.48. The molecule has 5 heteroatoms. The molecule has 2 aromatic carbocycles. The molecule has 0 amide bonds. The van der Waals surface area contributed by atoms with Crippen LogP contribution in [0.3, 0.4) is 0 Å². The van der Waals surface area contributed by atoms with Crippen LogP contribution in [0, 0.1) is 11.2 Å². The number of hydrogen-bond donors (Lipinski definition) is 2. The number of halogens is 2. The predicted molar refractivity (Wildman–Crippen MR) is 89.8 cm³/mol. The Morgan fingerprint density at radius 1 is 1.19 bits per heavy atom. The third-order valence-corrected chi connectivity index (χ3v) is 4.93. The Morgan fingerprint density at radius 2 is 1.81 bits per heavy atom. The second-order valence-electron chi connectivity index (χ2n) is 4.98. The lowest BCUT2D eigenvalue weighted by Gasteiger charge is -2.10. The van der Waals surface area contributed by atoms with Gasteiger partial charge in [0, 0.05) is 15.4 Å². The van der Waals surface area contributed by atoms with Gasteiger partial charge in [-0.2, -0.15) is 0 Å². The van der Waals surface area contributed by atoms with Crippen molar-refractivity contribution in [2.45, 2.75) is 29.6 Å². The summed E-state index contributed by atoms with van der Waals surface area (Å²) in [7, 11) is 0. The molecule has 0 radical (unpaired) electrons. The highest BCUT2D eigenvalue weighted by molar-refractivity contribution is 9.10. The van der Waals surface area contributed by atoms with E-state index in [2.05, 4.69) is 41.9 Å². The van der Waals surface area contributed by atoms with Crippen molar-refractivity contribution in [3.63, 3.8) is 0 Å². The van der Waals surface area contributed by atoms with E-state index in [1.807, 2.05) is 12.1 Å². The molecule has 0 unspecified atom stereocenters. The van der Waals surface area contributed by atoms with E-state index in [1.54, 1.807) is 12.1 Å². The first kappa shape index (κ1) is 16.0. The van der Waals surface area contributed by atoms with Crippen molar-refractivity contribution >= 4 is 33.5 Å². The zero-order chi connectivity index (χ0) is 15.6. The number of nitrogens with two attached hydrogens (primary N) is 1. The van der Waals surface area contributed by atoms with E-state index in [9.17, 15) is 4.39 Å². The fourth-order valence-electron chi connectivity index (χ4n) is 1.87. The van der Waals surface area contributed by atoms with Crippen LogP contribution in [0.4, 0.5) is 4.39 Å². The minimum atomic E-state index is -0.388. The van der Waals surface area contributed by atoms with E-state index in [0.717, 1.165) is 4.90 Å². The Labute approximate surface area is 136 Å². The van der Waals surface area contributed by atoms with Crippen LogP contribution < -0.4 is 5.73 Å². The summed E-state index contributed by atoms with van der Waals surface area (Å²) in [5.74, 6) is -0.0657. The standard InChI is InChI=1S/C16H16BrFN2S/c1-9(2)10-3-5-11(6-4-10)21-13-8-7-12(16(19)20)14(17)15(13)18/h3-9H,1-2H3,(H3,19,20). The average Bonchev–Trinajstić information content (AvgIpc) is 2.44. The first-order chi connectivity index (χ1) is 9.90. The maximum atomic E-state index is 14.3. The van der Waals surface area contributed by atoms with Crippen molar-refractivity contribution in [2.75, 3.05) is 0 Å². The van der Waals surface area contributed by atoms with Gasteiger partial charge in [0.1, 0.15) is 5.84 Å². The Hall–Kier alpha value is -1.33. The van der Waals surface area contributed by atoms with Gasteiger partial charge < -0.3 is 5.73 Å². The molecule has 0 atom stereocenters. The third kappa shape index (κ3) is 3.66. The maximum Gasteiger partial charge on any atom is 0.152 e. The van der Waals surface area contributed by atoms with E-state index < -0.39 is 0 Å². The van der Waals surface area contributed by atoms with Crippen molar-refractivity contribution in [1.82, 2.24) is 0 Å². The highest BCUT2D eigenvalue weighted by Gasteiger charge is 2.14. The number of hydrogen-bond acceptors (Lipinski definition) is 2. The maximum absolute atomic E-state index is 14.3. The normalized spacial score (nSPS) is 10.9. The molecular formula is C16H16BrFN2S. The molecule has 0 saturated heterocycles. The van der Waals surface area contributed by atoms with Crippen LogP contribution in [0.15, 0.2) is 50.7 Å². The fourth-order valence-corrected chi connectivity index (χ4v) is 3.41. The molecule has 0 aromatic heterocycles. The van der Waals surface area contributed by atoms with Crippen LogP contribution in [-0.2, 0) is 0 Å². The van der Waals surface area contributed by atoms with Gasteiger partial charge in [0.25, 0.3) is 0 Å². The van der Waals surface area contributed by atoms with Gasteiger partial charge in [-0.1, -0.05) is 37.7 Å². The van der Waals surface area contributed by atoms with Crippen molar-refractivity contribution in [1.29, 1.82) is 5.41 Å². The largest absolute Gasteiger partial charge is 0.384 e. The van der Waals surface area contributed by atoms with Gasteiger partial charge in [0.2, 0.25) is 0 Å². The van der Waals surface area contributed by atoms with E-state index in [-0.39, 0.29) is 16.1 Å². The quantitative estimate of drug-likeness (QED) is 0.580. The molecule has 0 aliphatic heterocycles. The number of rotatable bonds is 4. The summed E-state index contributed by atoms with van der Waals surface area (Å²) in [5.41, 5.74) is 7.04. The molecule has 0 heterocycles. The van der Waals surface area contributed by atoms with Crippen molar-refractivity contribution in [3.05, 3.63) is 57.8 Å². The second kappa shape index (κ2) is 6.62. The minimum Gasteiger partial charge on any atom is -0.384 e. The number of amidine groups is 1. The topological polar surface area (TPSA) is 49.9 Å². The number of nitrogens with one attached hydrogen (secondary N) is 1. The molecule has 0 saturated carbocycles. The van der Waals surface area contributed by atoms with Crippen molar-refractivity contribution in [2.24, 2.45) is 5.73 Å². The molecule has 0 spiro atoms. The van der Waals surface area contributed by atoms with Gasteiger partial charge in [-0.25, -0.2) is 4.39 Å². The molecular weight excluding hydrogens is 351 g/mol. The van der Waals surface area contributed by atoms with Crippen molar-refractivity contribution in [3.8, 4) is 0 Å². The van der Waals surface area contributed by atoms with Gasteiger partial charge in [-0.3, -0.25) is 5.41 Å². The molecule has 0 bridgehead atoms. The summed E-state index contributed by atoms with van der Waals surface area (Å²) in [6, 6.07) is 11.4. The predicted octanol–water partition coefficient (Wildman–Crippen LogP) is 5.15. The monoisotopic (exact) mass is 366 g/mol. The van der Waals surface area contributed by atoms with Crippen LogP contribution in [0.5, 0.6) is 0 Å². The summed E-state index contributed by atoms with van der Waals surface area (Å²) in [5, 5.41) is 7.40. The lowest BCUT2D eigenvalue weighted by molar-refractivity contribution is 0.594. The van der Waals surface area contributed by atoms with Gasteiger partial charge in [-0.15, -0.1) is 0 Å². The van der Waals surface area contributed by atoms with Crippen LogP contribution in [0.2, 0.25) is 0 Å². The van der Waals surface area contributed by atoms with Gasteiger partial charge in [0.15, 0.2) is 5.82 Å². The lowest BCUT2D eigenvalue weighted by atomic mass is 10.0. The summed E-state index contributed by atoms with van der Waals surface area (Å²) < 4.78 is 14.5. The van der Waals surface area contributed by atoms with Gasteiger partial charge in [-0.05, 0) is 51.7 Å². The first-order valence-corrected chi connectivity index (χ1v) is 8.11. The summed E-state index contributed by atoms with van der Waals surface area (Å²) in [6.45, 7) is 4.28. The third-order valence-electron chi connectivity index (χ3n) is 3.11. The summed E-state index contributed by atoms with van der Waals surface area (Å²) in [6.07, 6.45) is 0. The lowest BCUT2D eigenvalue weighted by Crippen LogP contribution is -2.12. The van der Waals surface area contributed by atoms with Crippen molar-refractivity contribution < 1.29 is 4.39 Å². The molecule has 110 valence electrons. The average molecular weight is 367 g/mol. The van der Waals surface area contributed by atoms with E-state index in [1.165, 1.54) is 17.3 Å². The molecule has 0 aliphatic rings. The smallest absolute Gasteiger partial charge is 0.152 e. The Bertz CT molecular complexity index is 669. The van der Waals surface area contributed by atoms with Gasteiger partial charge in [0.05, 0.1) is 4.47 Å². The van der Waals surface area contributed by atoms with E-state index >= 15 is 0 Å². The molecule has 0 fully saturated rings. The van der Waals surface area contributed by atoms with Crippen LogP contribution >= 0.6 is 27.7 Å². The Kier molecular flexibility index (Phi) is 5.06. The molecule has 2 rings (SSSR count). The summed E-state index contributed by atoms with van der Waals surface area (Å²) >= 11 is 4.52. The zero-order valence-electron chi connectivity index (χ0n) is 11.8. The molecule has 2 aromatic rings. The highest BCUT2D eigenvalue weighted by Crippen LogP contribution is 2.34. The van der Waals surface area contributed by atoms with Gasteiger partial charge >= 0.3 is 0 Å². The molecule has 3 N–H and O–H groups in total. The minimum absolute atomic E-state index is 0.154. The number of nitrogen functional groups attached to an aromatic ring is 1. The molecule has 2 nitrogen and oxygen atoms in total. The van der Waals surface area contributed by atoms with Crippen LogP contribution in [0.25, 0.3) is 0 Å². The SMILES string of the molecule is CC(C)c1ccc(Sc2ccc(C(=N)N)c(Br)c2F)cc1. The molecule has 21 heavy (non-hydrogen) atoms. The van der Waals surface area contributed by atoms with Crippen LogP contribution in [-0.4, -0.2) is 5.84 Å². The van der Waals surface area contributed by atoms with Crippen LogP contribution in [0.1, 0.15) is 30.9 Å². The molecule has 0 aliphatic carbocycles. The highest BCUT2D eigenvalue weighted by atomic mass is 79.9. The number of benzene rings is 2. The van der Waals surface area contributed by atoms with E-state index in [0.29, 0.717) is 16.4 Å². The Morgan fingerprint density at radius 3 is 2.33 bits per heavy atom. The second-order valence-corrected chi connectivity index (χ2v) is 6.89. The van der Waals surface area contributed by atoms with E-state index in [4.69, 9.17) is 11.1 Å². The fraction of sp³-hybridized carbons (Fsp3) is 0.188. The zero-order valence-corrected chi connectivity index (χ0v) is 14.2. The first-order valence-electron chi connectivity index (χ1n) is 6.50.